The molecule has 5 N–H and O–H groups in total. The third kappa shape index (κ3) is 3.14. The first-order valence-electron chi connectivity index (χ1n) is 6.01. The standard InChI is InChI=1S/C14H13F4N3/c15-11-6-5-8(7-10(11)14(16,17)18)13(21-20)9-3-1-2-4-12(9)19/h1-7,13,21H,19-20H2. The van der Waals surface area contributed by atoms with Crippen LogP contribution in [0.15, 0.2) is 42.5 Å². The molecule has 3 nitrogen and oxygen atoms in total. The number of para-hydroxylation sites is 1. The fourth-order valence-corrected chi connectivity index (χ4v) is 2.08. The summed E-state index contributed by atoms with van der Waals surface area (Å²) in [6.45, 7) is 0. The van der Waals surface area contributed by atoms with Crippen molar-refractivity contribution < 1.29 is 17.6 Å². The van der Waals surface area contributed by atoms with E-state index in [9.17, 15) is 17.6 Å². The van der Waals surface area contributed by atoms with Crippen molar-refractivity contribution in [1.29, 1.82) is 0 Å². The maximum atomic E-state index is 13.3. The van der Waals surface area contributed by atoms with Crippen LogP contribution in [-0.4, -0.2) is 0 Å². The Labute approximate surface area is 118 Å². The first kappa shape index (κ1) is 15.3. The second kappa shape index (κ2) is 5.71. The van der Waals surface area contributed by atoms with Crippen LogP contribution in [0.5, 0.6) is 0 Å². The second-order valence-corrected chi connectivity index (χ2v) is 4.47. The lowest BCUT2D eigenvalue weighted by molar-refractivity contribution is -0.140. The van der Waals surface area contributed by atoms with E-state index in [1.807, 2.05) is 0 Å². The number of rotatable bonds is 3. The van der Waals surface area contributed by atoms with Gasteiger partial charge in [0.15, 0.2) is 0 Å². The number of hydrogen-bond donors (Lipinski definition) is 3. The van der Waals surface area contributed by atoms with Gasteiger partial charge in [-0.3, -0.25) is 5.84 Å². The predicted octanol–water partition coefficient (Wildman–Crippen LogP) is 2.98. The zero-order valence-corrected chi connectivity index (χ0v) is 10.8. The summed E-state index contributed by atoms with van der Waals surface area (Å²) in [4.78, 5) is 0. The highest BCUT2D eigenvalue weighted by Crippen LogP contribution is 2.34. The number of hydrogen-bond acceptors (Lipinski definition) is 3. The minimum atomic E-state index is -4.78. The lowest BCUT2D eigenvalue weighted by Gasteiger charge is -2.20. The second-order valence-electron chi connectivity index (χ2n) is 4.47. The Morgan fingerprint density at radius 2 is 1.71 bits per heavy atom. The summed E-state index contributed by atoms with van der Waals surface area (Å²) >= 11 is 0. The molecule has 0 saturated carbocycles. The van der Waals surface area contributed by atoms with E-state index in [4.69, 9.17) is 11.6 Å². The van der Waals surface area contributed by atoms with Gasteiger partial charge in [-0.1, -0.05) is 24.3 Å². The number of nitrogens with two attached hydrogens (primary N) is 2. The van der Waals surface area contributed by atoms with Crippen LogP contribution >= 0.6 is 0 Å². The lowest BCUT2D eigenvalue weighted by Crippen LogP contribution is -2.29. The number of anilines is 1. The van der Waals surface area contributed by atoms with Gasteiger partial charge < -0.3 is 5.73 Å². The summed E-state index contributed by atoms with van der Waals surface area (Å²) in [5.41, 5.74) is 7.92. The first-order chi connectivity index (χ1) is 9.84. The van der Waals surface area contributed by atoms with Gasteiger partial charge in [0.1, 0.15) is 5.82 Å². The normalized spacial score (nSPS) is 13.2. The Morgan fingerprint density at radius 3 is 2.29 bits per heavy atom. The molecular weight excluding hydrogens is 286 g/mol. The largest absolute Gasteiger partial charge is 0.419 e. The molecule has 0 spiro atoms. The van der Waals surface area contributed by atoms with Gasteiger partial charge in [-0.15, -0.1) is 0 Å². The summed E-state index contributed by atoms with van der Waals surface area (Å²) in [5.74, 6) is 4.09. The van der Waals surface area contributed by atoms with Crippen LogP contribution in [-0.2, 0) is 6.18 Å². The van der Waals surface area contributed by atoms with Crippen molar-refractivity contribution in [3.8, 4) is 0 Å². The SMILES string of the molecule is NNC(c1ccc(F)c(C(F)(F)F)c1)c1ccccc1N. The molecule has 0 bridgehead atoms. The van der Waals surface area contributed by atoms with Crippen LogP contribution in [0, 0.1) is 5.82 Å². The van der Waals surface area contributed by atoms with Crippen LogP contribution in [0.1, 0.15) is 22.7 Å². The Kier molecular flexibility index (Phi) is 4.15. The van der Waals surface area contributed by atoms with Crippen LogP contribution in [0.4, 0.5) is 23.2 Å². The summed E-state index contributed by atoms with van der Waals surface area (Å²) in [6, 6.07) is 8.58. The Balaban J connectivity index is 2.52. The van der Waals surface area contributed by atoms with Crippen LogP contribution in [0.25, 0.3) is 0 Å². The highest BCUT2D eigenvalue weighted by Gasteiger charge is 2.34. The Hall–Kier alpha value is -2.12. The summed E-state index contributed by atoms with van der Waals surface area (Å²) in [6.07, 6.45) is -4.78. The van der Waals surface area contributed by atoms with Crippen molar-refractivity contribution in [2.75, 3.05) is 5.73 Å². The fourth-order valence-electron chi connectivity index (χ4n) is 2.08. The zero-order chi connectivity index (χ0) is 15.6. The van der Waals surface area contributed by atoms with Crippen LogP contribution in [0.2, 0.25) is 0 Å². The van der Waals surface area contributed by atoms with Crippen molar-refractivity contribution in [2.24, 2.45) is 5.84 Å². The van der Waals surface area contributed by atoms with Crippen molar-refractivity contribution in [3.63, 3.8) is 0 Å². The van der Waals surface area contributed by atoms with Gasteiger partial charge in [-0.25, -0.2) is 9.82 Å². The summed E-state index contributed by atoms with van der Waals surface area (Å²) < 4.78 is 51.6. The third-order valence-corrected chi connectivity index (χ3v) is 3.10. The van der Waals surface area contributed by atoms with Gasteiger partial charge in [0, 0.05) is 5.69 Å². The molecule has 2 aromatic carbocycles. The maximum absolute atomic E-state index is 13.3. The van der Waals surface area contributed by atoms with E-state index in [2.05, 4.69) is 5.43 Å². The Morgan fingerprint density at radius 1 is 1.05 bits per heavy atom. The van der Waals surface area contributed by atoms with Gasteiger partial charge in [-0.2, -0.15) is 13.2 Å². The van der Waals surface area contributed by atoms with E-state index in [1.54, 1.807) is 24.3 Å². The summed E-state index contributed by atoms with van der Waals surface area (Å²) in [7, 11) is 0. The van der Waals surface area contributed by atoms with Crippen molar-refractivity contribution in [2.45, 2.75) is 12.2 Å². The quantitative estimate of drug-likeness (QED) is 0.353. The molecule has 0 fully saturated rings. The number of alkyl halides is 3. The van der Waals surface area contributed by atoms with Crippen molar-refractivity contribution in [1.82, 2.24) is 5.43 Å². The number of benzene rings is 2. The molecule has 112 valence electrons. The number of nitrogen functional groups attached to an aromatic ring is 1. The molecule has 1 unspecified atom stereocenters. The first-order valence-corrected chi connectivity index (χ1v) is 6.01. The van der Waals surface area contributed by atoms with E-state index >= 15 is 0 Å². The van der Waals surface area contributed by atoms with E-state index in [1.165, 1.54) is 6.07 Å². The molecule has 21 heavy (non-hydrogen) atoms. The van der Waals surface area contributed by atoms with E-state index in [0.29, 0.717) is 11.3 Å². The molecule has 0 saturated heterocycles. The fraction of sp³-hybridized carbons (Fsp3) is 0.143. The minimum absolute atomic E-state index is 0.170. The van der Waals surface area contributed by atoms with Crippen molar-refractivity contribution in [3.05, 3.63) is 65.0 Å². The number of nitrogens with one attached hydrogen (secondary N) is 1. The molecule has 0 amide bonds. The molecule has 0 aliphatic rings. The van der Waals surface area contributed by atoms with E-state index < -0.39 is 23.6 Å². The third-order valence-electron chi connectivity index (χ3n) is 3.10. The molecule has 0 aliphatic carbocycles. The number of halogens is 4. The maximum Gasteiger partial charge on any atom is 0.419 e. The molecule has 0 heterocycles. The van der Waals surface area contributed by atoms with Gasteiger partial charge in [0.25, 0.3) is 0 Å². The minimum Gasteiger partial charge on any atom is -0.398 e. The molecule has 7 heteroatoms. The lowest BCUT2D eigenvalue weighted by atomic mass is 9.96. The summed E-state index contributed by atoms with van der Waals surface area (Å²) in [5, 5.41) is 0. The van der Waals surface area contributed by atoms with Gasteiger partial charge in [0.2, 0.25) is 0 Å². The monoisotopic (exact) mass is 299 g/mol. The zero-order valence-electron chi connectivity index (χ0n) is 10.8. The molecule has 0 aromatic heterocycles. The van der Waals surface area contributed by atoms with Gasteiger partial charge >= 0.3 is 6.18 Å². The molecule has 2 aromatic rings. The molecular formula is C14H13F4N3. The molecule has 0 radical (unpaired) electrons. The van der Waals surface area contributed by atoms with Crippen LogP contribution in [0.3, 0.4) is 0 Å². The molecule has 2 rings (SSSR count). The molecule has 1 atom stereocenters. The average molecular weight is 299 g/mol. The Bertz CT molecular complexity index is 640. The van der Waals surface area contributed by atoms with Crippen LogP contribution < -0.4 is 17.0 Å². The smallest absolute Gasteiger partial charge is 0.398 e. The average Bonchev–Trinajstić information content (AvgIpc) is 2.42. The van der Waals surface area contributed by atoms with Crippen molar-refractivity contribution >= 4 is 5.69 Å². The highest BCUT2D eigenvalue weighted by atomic mass is 19.4. The van der Waals surface area contributed by atoms with Gasteiger partial charge in [-0.05, 0) is 29.3 Å². The number of hydrazine groups is 1. The highest BCUT2D eigenvalue weighted by molar-refractivity contribution is 5.51. The van der Waals surface area contributed by atoms with E-state index in [0.717, 1.165) is 12.1 Å². The predicted molar refractivity (Wildman–Crippen MR) is 71.4 cm³/mol. The van der Waals surface area contributed by atoms with Gasteiger partial charge in [0.05, 0.1) is 11.6 Å². The molecule has 0 aliphatic heterocycles. The topological polar surface area (TPSA) is 64.1 Å². The van der Waals surface area contributed by atoms with E-state index in [-0.39, 0.29) is 5.56 Å².